The fraction of sp³-hybridized carbons (Fsp3) is 0.222. The number of esters is 1. The minimum atomic E-state index is -1.27. The van der Waals surface area contributed by atoms with E-state index in [1.54, 1.807) is 0 Å². The lowest BCUT2D eigenvalue weighted by molar-refractivity contribution is -0.387. The molecule has 0 fully saturated rings. The first-order valence-corrected chi connectivity index (χ1v) is 4.38. The maximum atomic E-state index is 13.5. The SMILES string of the molecule is CCOC(=O)c1c(N)ccc([N+](=O)[O-])c1F. The predicted molar refractivity (Wildman–Crippen MR) is 53.4 cm³/mol. The zero-order chi connectivity index (χ0) is 12.3. The van der Waals surface area contributed by atoms with E-state index in [0.29, 0.717) is 0 Å². The van der Waals surface area contributed by atoms with E-state index in [4.69, 9.17) is 5.73 Å². The van der Waals surface area contributed by atoms with Gasteiger partial charge in [-0.1, -0.05) is 0 Å². The summed E-state index contributed by atoms with van der Waals surface area (Å²) in [7, 11) is 0. The summed E-state index contributed by atoms with van der Waals surface area (Å²) in [5.41, 5.74) is 3.76. The third kappa shape index (κ3) is 2.08. The first-order valence-electron chi connectivity index (χ1n) is 4.38. The normalized spacial score (nSPS) is 9.88. The highest BCUT2D eigenvalue weighted by molar-refractivity contribution is 5.96. The Morgan fingerprint density at radius 1 is 1.62 bits per heavy atom. The quantitative estimate of drug-likeness (QED) is 0.366. The van der Waals surface area contributed by atoms with E-state index in [9.17, 15) is 19.3 Å². The molecule has 0 atom stereocenters. The molecular formula is C9H9FN2O4. The number of rotatable bonds is 3. The molecule has 0 saturated carbocycles. The standard InChI is InChI=1S/C9H9FN2O4/c1-2-16-9(13)7-5(11)3-4-6(8(7)10)12(14)15/h3-4H,2,11H2,1H3. The van der Waals surface area contributed by atoms with Crippen molar-refractivity contribution in [3.05, 3.63) is 33.6 Å². The third-order valence-electron chi connectivity index (χ3n) is 1.83. The van der Waals surface area contributed by atoms with E-state index in [1.165, 1.54) is 6.92 Å². The fourth-order valence-electron chi connectivity index (χ4n) is 1.13. The first-order chi connectivity index (χ1) is 7.49. The van der Waals surface area contributed by atoms with Crippen LogP contribution >= 0.6 is 0 Å². The summed E-state index contributed by atoms with van der Waals surface area (Å²) >= 11 is 0. The van der Waals surface area contributed by atoms with Gasteiger partial charge < -0.3 is 10.5 Å². The molecule has 7 heteroatoms. The number of hydrogen-bond donors (Lipinski definition) is 1. The van der Waals surface area contributed by atoms with Crippen molar-refractivity contribution in [3.8, 4) is 0 Å². The van der Waals surface area contributed by atoms with Gasteiger partial charge >= 0.3 is 11.7 Å². The Kier molecular flexibility index (Phi) is 3.39. The van der Waals surface area contributed by atoms with Crippen LogP contribution in [0.3, 0.4) is 0 Å². The molecule has 1 aromatic carbocycles. The molecule has 0 radical (unpaired) electrons. The maximum absolute atomic E-state index is 13.5. The van der Waals surface area contributed by atoms with Gasteiger partial charge in [0.2, 0.25) is 5.82 Å². The molecule has 16 heavy (non-hydrogen) atoms. The van der Waals surface area contributed by atoms with Crippen molar-refractivity contribution in [2.75, 3.05) is 12.3 Å². The first kappa shape index (κ1) is 11.9. The molecule has 0 amide bonds. The van der Waals surface area contributed by atoms with Crippen molar-refractivity contribution in [2.45, 2.75) is 6.92 Å². The summed E-state index contributed by atoms with van der Waals surface area (Å²) < 4.78 is 18.1. The number of carbonyl (C=O) groups excluding carboxylic acids is 1. The second-order valence-electron chi connectivity index (χ2n) is 2.84. The fourth-order valence-corrected chi connectivity index (χ4v) is 1.13. The van der Waals surface area contributed by atoms with Gasteiger partial charge in [0.1, 0.15) is 5.56 Å². The molecule has 0 aliphatic carbocycles. The Labute approximate surface area is 90.0 Å². The Hall–Kier alpha value is -2.18. The highest BCUT2D eigenvalue weighted by Gasteiger charge is 2.25. The molecule has 6 nitrogen and oxygen atoms in total. The minimum Gasteiger partial charge on any atom is -0.462 e. The molecule has 0 aromatic heterocycles. The second kappa shape index (κ2) is 4.56. The number of nitro benzene ring substituents is 1. The lowest BCUT2D eigenvalue weighted by Gasteiger charge is -2.06. The Morgan fingerprint density at radius 2 is 2.25 bits per heavy atom. The van der Waals surface area contributed by atoms with E-state index in [2.05, 4.69) is 4.74 Å². The Bertz CT molecular complexity index is 447. The number of benzene rings is 1. The molecule has 1 rings (SSSR count). The van der Waals surface area contributed by atoms with Gasteiger partial charge in [0.05, 0.1) is 11.5 Å². The average molecular weight is 228 g/mol. The minimum absolute atomic E-state index is 0.0282. The summed E-state index contributed by atoms with van der Waals surface area (Å²) in [5, 5.41) is 10.4. The number of hydrogen-bond acceptors (Lipinski definition) is 5. The lowest BCUT2D eigenvalue weighted by Crippen LogP contribution is -2.12. The summed E-state index contributed by atoms with van der Waals surface area (Å²) in [6.45, 7) is 1.56. The van der Waals surface area contributed by atoms with E-state index in [1.807, 2.05) is 0 Å². The molecule has 0 bridgehead atoms. The Balaban J connectivity index is 3.31. The van der Waals surface area contributed by atoms with Crippen LogP contribution in [0.5, 0.6) is 0 Å². The number of nitro groups is 1. The third-order valence-corrected chi connectivity index (χ3v) is 1.83. The van der Waals surface area contributed by atoms with Gasteiger partial charge in [-0.2, -0.15) is 4.39 Å². The molecule has 1 aromatic rings. The molecule has 0 aliphatic heterocycles. The Morgan fingerprint density at radius 3 is 2.75 bits per heavy atom. The summed E-state index contributed by atoms with van der Waals surface area (Å²) in [5.74, 6) is -2.29. The highest BCUT2D eigenvalue weighted by atomic mass is 19.1. The average Bonchev–Trinajstić information content (AvgIpc) is 2.17. The van der Waals surface area contributed by atoms with Gasteiger partial charge in [-0.25, -0.2) is 4.79 Å². The largest absolute Gasteiger partial charge is 0.462 e. The monoisotopic (exact) mass is 228 g/mol. The van der Waals surface area contributed by atoms with Crippen molar-refractivity contribution in [2.24, 2.45) is 0 Å². The molecular weight excluding hydrogens is 219 g/mol. The summed E-state index contributed by atoms with van der Waals surface area (Å²) in [6.07, 6.45) is 0. The van der Waals surface area contributed by atoms with Gasteiger partial charge in [-0.05, 0) is 13.0 Å². The molecule has 86 valence electrons. The molecule has 0 saturated heterocycles. The van der Waals surface area contributed by atoms with Crippen LogP contribution in [0.4, 0.5) is 15.8 Å². The summed E-state index contributed by atoms with van der Waals surface area (Å²) in [6, 6.07) is 1.99. The zero-order valence-corrected chi connectivity index (χ0v) is 8.40. The van der Waals surface area contributed by atoms with Crippen molar-refractivity contribution in [1.29, 1.82) is 0 Å². The molecule has 0 aliphatic rings. The topological polar surface area (TPSA) is 95.5 Å². The molecule has 0 spiro atoms. The lowest BCUT2D eigenvalue weighted by atomic mass is 10.1. The maximum Gasteiger partial charge on any atom is 0.343 e. The van der Waals surface area contributed by atoms with Gasteiger partial charge in [-0.15, -0.1) is 0 Å². The number of nitrogens with two attached hydrogens (primary N) is 1. The molecule has 2 N–H and O–H groups in total. The number of nitrogens with zero attached hydrogens (tertiary/aromatic N) is 1. The van der Waals surface area contributed by atoms with Crippen LogP contribution in [-0.2, 0) is 4.74 Å². The predicted octanol–water partition coefficient (Wildman–Crippen LogP) is 1.49. The van der Waals surface area contributed by atoms with Crippen LogP contribution in [0.2, 0.25) is 0 Å². The van der Waals surface area contributed by atoms with Gasteiger partial charge in [0.15, 0.2) is 0 Å². The zero-order valence-electron chi connectivity index (χ0n) is 8.40. The number of nitrogen functional groups attached to an aromatic ring is 1. The van der Waals surface area contributed by atoms with Gasteiger partial charge in [-0.3, -0.25) is 10.1 Å². The van der Waals surface area contributed by atoms with Gasteiger partial charge in [0, 0.05) is 11.8 Å². The van der Waals surface area contributed by atoms with E-state index < -0.39 is 28.0 Å². The number of halogens is 1. The van der Waals surface area contributed by atoms with Crippen LogP contribution in [0.15, 0.2) is 12.1 Å². The van der Waals surface area contributed by atoms with E-state index in [-0.39, 0.29) is 12.3 Å². The van der Waals surface area contributed by atoms with E-state index in [0.717, 1.165) is 12.1 Å². The van der Waals surface area contributed by atoms with Crippen LogP contribution in [-0.4, -0.2) is 17.5 Å². The van der Waals surface area contributed by atoms with Crippen LogP contribution in [0.25, 0.3) is 0 Å². The summed E-state index contributed by atoms with van der Waals surface area (Å²) in [4.78, 5) is 20.8. The van der Waals surface area contributed by atoms with Crippen LogP contribution in [0, 0.1) is 15.9 Å². The van der Waals surface area contributed by atoms with Gasteiger partial charge in [0.25, 0.3) is 0 Å². The van der Waals surface area contributed by atoms with Crippen molar-refractivity contribution < 1.29 is 18.8 Å². The van der Waals surface area contributed by atoms with E-state index >= 15 is 0 Å². The number of carbonyl (C=O) groups is 1. The number of ether oxygens (including phenoxy) is 1. The molecule has 0 unspecified atom stereocenters. The second-order valence-corrected chi connectivity index (χ2v) is 2.84. The number of anilines is 1. The van der Waals surface area contributed by atoms with Crippen molar-refractivity contribution in [1.82, 2.24) is 0 Å². The van der Waals surface area contributed by atoms with Crippen LogP contribution in [0.1, 0.15) is 17.3 Å². The van der Waals surface area contributed by atoms with Crippen molar-refractivity contribution >= 4 is 17.3 Å². The van der Waals surface area contributed by atoms with Crippen LogP contribution < -0.4 is 5.73 Å². The highest BCUT2D eigenvalue weighted by Crippen LogP contribution is 2.25. The smallest absolute Gasteiger partial charge is 0.343 e. The van der Waals surface area contributed by atoms with Crippen molar-refractivity contribution in [3.63, 3.8) is 0 Å². The molecule has 0 heterocycles.